The van der Waals surface area contributed by atoms with Crippen LogP contribution in [0.2, 0.25) is 0 Å². The van der Waals surface area contributed by atoms with Gasteiger partial charge in [0.05, 0.1) is 31.7 Å². The van der Waals surface area contributed by atoms with Crippen LogP contribution in [0.3, 0.4) is 0 Å². The second kappa shape index (κ2) is 13.0. The van der Waals surface area contributed by atoms with Gasteiger partial charge in [-0.25, -0.2) is 0 Å². The Balaban J connectivity index is 2.23. The van der Waals surface area contributed by atoms with Gasteiger partial charge in [-0.3, -0.25) is 14.5 Å². The van der Waals surface area contributed by atoms with E-state index in [1.807, 2.05) is 4.90 Å². The molecule has 146 valence electrons. The molecule has 0 bridgehead atoms. The van der Waals surface area contributed by atoms with E-state index >= 15 is 0 Å². The van der Waals surface area contributed by atoms with E-state index < -0.39 is 0 Å². The van der Waals surface area contributed by atoms with Gasteiger partial charge in [-0.1, -0.05) is 0 Å². The maximum atomic E-state index is 12.1. The van der Waals surface area contributed by atoms with Crippen molar-refractivity contribution in [2.75, 3.05) is 59.8 Å². The number of nitrogens with zero attached hydrogens (tertiary/aromatic N) is 1. The highest BCUT2D eigenvalue weighted by Crippen LogP contribution is 2.30. The Hall–Kier alpha value is -1.22. The van der Waals surface area contributed by atoms with Gasteiger partial charge in [0.25, 0.3) is 0 Å². The molecule has 8 heteroatoms. The summed E-state index contributed by atoms with van der Waals surface area (Å²) in [5, 5.41) is 17.9. The van der Waals surface area contributed by atoms with Gasteiger partial charge < -0.3 is 24.4 Å². The summed E-state index contributed by atoms with van der Waals surface area (Å²) in [4.78, 5) is 25.8. The second-order valence-corrected chi connectivity index (χ2v) is 6.17. The summed E-state index contributed by atoms with van der Waals surface area (Å²) >= 11 is 0. The average Bonchev–Trinajstić information content (AvgIpc) is 2.62. The molecule has 1 aliphatic rings. The molecule has 1 rings (SSSR count). The van der Waals surface area contributed by atoms with Gasteiger partial charge in [-0.2, -0.15) is 0 Å². The number of rotatable bonds is 12. The number of aliphatic hydroxyl groups is 2. The Morgan fingerprint density at radius 1 is 0.840 bits per heavy atom. The lowest BCUT2D eigenvalue weighted by Crippen LogP contribution is -2.34. The first-order chi connectivity index (χ1) is 12.1. The van der Waals surface area contributed by atoms with E-state index in [1.165, 1.54) is 0 Å². The van der Waals surface area contributed by atoms with Crippen molar-refractivity contribution in [2.24, 2.45) is 11.8 Å². The lowest BCUT2D eigenvalue weighted by molar-refractivity contribution is -0.156. The topological polar surface area (TPSA) is 106 Å². The number of carbonyl (C=O) groups is 2. The molecular formula is C17H31NO7. The summed E-state index contributed by atoms with van der Waals surface area (Å²) < 4.78 is 15.3. The van der Waals surface area contributed by atoms with Gasteiger partial charge in [0.15, 0.2) is 0 Å². The van der Waals surface area contributed by atoms with Crippen LogP contribution in [0.25, 0.3) is 0 Å². The summed E-state index contributed by atoms with van der Waals surface area (Å²) in [5.41, 5.74) is 0. The molecule has 1 aliphatic carbocycles. The largest absolute Gasteiger partial charge is 0.464 e. The molecule has 25 heavy (non-hydrogen) atoms. The van der Waals surface area contributed by atoms with Gasteiger partial charge in [-0.15, -0.1) is 0 Å². The Labute approximate surface area is 149 Å². The van der Waals surface area contributed by atoms with Crippen molar-refractivity contribution < 1.29 is 34.0 Å². The van der Waals surface area contributed by atoms with E-state index in [9.17, 15) is 9.59 Å². The van der Waals surface area contributed by atoms with Crippen LogP contribution in [0.5, 0.6) is 0 Å². The van der Waals surface area contributed by atoms with Crippen LogP contribution in [0, 0.1) is 11.8 Å². The maximum Gasteiger partial charge on any atom is 0.309 e. The number of hydrogen-bond acceptors (Lipinski definition) is 8. The summed E-state index contributed by atoms with van der Waals surface area (Å²) in [6.45, 7) is 2.23. The minimum absolute atomic E-state index is 0.00155. The van der Waals surface area contributed by atoms with Gasteiger partial charge in [0.2, 0.25) is 0 Å². The van der Waals surface area contributed by atoms with Crippen LogP contribution in [-0.4, -0.2) is 86.8 Å². The third-order valence-corrected chi connectivity index (χ3v) is 4.41. The number of carbonyl (C=O) groups excluding carboxylic acids is 2. The lowest BCUT2D eigenvalue weighted by Gasteiger charge is -2.26. The zero-order valence-corrected chi connectivity index (χ0v) is 15.0. The molecule has 2 N–H and O–H groups in total. The normalized spacial score (nSPS) is 20.5. The van der Waals surface area contributed by atoms with E-state index in [0.717, 1.165) is 0 Å². The van der Waals surface area contributed by atoms with Crippen molar-refractivity contribution in [3.63, 3.8) is 0 Å². The van der Waals surface area contributed by atoms with E-state index in [-0.39, 0.29) is 50.2 Å². The zero-order chi connectivity index (χ0) is 18.5. The SMILES string of the molecule is COCCOC(=O)C1CCC(C(=O)OCCN(CCO)CCO)CC1. The fourth-order valence-corrected chi connectivity index (χ4v) is 2.92. The number of esters is 2. The third kappa shape index (κ3) is 8.62. The zero-order valence-electron chi connectivity index (χ0n) is 15.0. The highest BCUT2D eigenvalue weighted by Gasteiger charge is 2.31. The first-order valence-corrected chi connectivity index (χ1v) is 8.88. The molecule has 8 nitrogen and oxygen atoms in total. The van der Waals surface area contributed by atoms with Crippen LogP contribution in [0.1, 0.15) is 25.7 Å². The van der Waals surface area contributed by atoms with Crippen LogP contribution in [0.4, 0.5) is 0 Å². The predicted molar refractivity (Wildman–Crippen MR) is 89.9 cm³/mol. The van der Waals surface area contributed by atoms with Crippen molar-refractivity contribution in [2.45, 2.75) is 25.7 Å². The maximum absolute atomic E-state index is 12.1. The van der Waals surface area contributed by atoms with Crippen molar-refractivity contribution in [3.05, 3.63) is 0 Å². The summed E-state index contributed by atoms with van der Waals surface area (Å²) in [7, 11) is 1.55. The first kappa shape index (κ1) is 21.8. The van der Waals surface area contributed by atoms with Crippen LogP contribution in [-0.2, 0) is 23.8 Å². The van der Waals surface area contributed by atoms with Crippen molar-refractivity contribution in [1.29, 1.82) is 0 Å². The molecule has 0 spiro atoms. The summed E-state index contributed by atoms with van der Waals surface area (Å²) in [5.74, 6) is -0.774. The molecule has 0 saturated heterocycles. The molecule has 0 heterocycles. The minimum Gasteiger partial charge on any atom is -0.464 e. The Kier molecular flexibility index (Phi) is 11.4. The number of methoxy groups -OCH3 is 1. The predicted octanol–water partition coefficient (Wildman–Crippen LogP) is -0.188. The molecule has 0 amide bonds. The van der Waals surface area contributed by atoms with Crippen LogP contribution >= 0.6 is 0 Å². The molecule has 0 aliphatic heterocycles. The highest BCUT2D eigenvalue weighted by molar-refractivity contribution is 5.75. The second-order valence-electron chi connectivity index (χ2n) is 6.17. The molecule has 0 aromatic rings. The molecule has 1 saturated carbocycles. The van der Waals surface area contributed by atoms with E-state index in [1.54, 1.807) is 7.11 Å². The van der Waals surface area contributed by atoms with Crippen molar-refractivity contribution in [3.8, 4) is 0 Å². The van der Waals surface area contributed by atoms with Gasteiger partial charge in [0, 0.05) is 26.7 Å². The standard InChI is InChI=1S/C17H31NO7/c1-23-12-13-25-17(22)15-4-2-14(3-5-15)16(21)24-11-8-18(6-9-19)7-10-20/h14-15,19-20H,2-13H2,1H3. The molecule has 0 atom stereocenters. The Morgan fingerprint density at radius 3 is 1.76 bits per heavy atom. The molecule has 0 unspecified atom stereocenters. The van der Waals surface area contributed by atoms with E-state index in [0.29, 0.717) is 51.9 Å². The molecule has 0 aromatic heterocycles. The Morgan fingerprint density at radius 2 is 1.32 bits per heavy atom. The van der Waals surface area contributed by atoms with Gasteiger partial charge in [0.1, 0.15) is 13.2 Å². The highest BCUT2D eigenvalue weighted by atomic mass is 16.6. The third-order valence-electron chi connectivity index (χ3n) is 4.41. The number of hydrogen-bond donors (Lipinski definition) is 2. The van der Waals surface area contributed by atoms with Crippen molar-refractivity contribution in [1.82, 2.24) is 4.90 Å². The van der Waals surface area contributed by atoms with E-state index in [2.05, 4.69) is 0 Å². The van der Waals surface area contributed by atoms with Crippen LogP contribution in [0.15, 0.2) is 0 Å². The first-order valence-electron chi connectivity index (χ1n) is 8.88. The minimum atomic E-state index is -0.237. The summed E-state index contributed by atoms with van der Waals surface area (Å²) in [6, 6.07) is 0. The quantitative estimate of drug-likeness (QED) is 0.364. The average molecular weight is 361 g/mol. The summed E-state index contributed by atoms with van der Waals surface area (Å²) in [6.07, 6.45) is 2.51. The Bertz CT molecular complexity index is 377. The monoisotopic (exact) mass is 361 g/mol. The number of aliphatic hydroxyl groups excluding tert-OH is 2. The molecule has 0 radical (unpaired) electrons. The molecular weight excluding hydrogens is 330 g/mol. The lowest BCUT2D eigenvalue weighted by atomic mass is 9.82. The fraction of sp³-hybridized carbons (Fsp3) is 0.882. The van der Waals surface area contributed by atoms with Gasteiger partial charge >= 0.3 is 11.9 Å². The molecule has 0 aromatic carbocycles. The fourth-order valence-electron chi connectivity index (χ4n) is 2.92. The van der Waals surface area contributed by atoms with Crippen molar-refractivity contribution >= 4 is 11.9 Å². The van der Waals surface area contributed by atoms with Crippen LogP contribution < -0.4 is 0 Å². The smallest absolute Gasteiger partial charge is 0.309 e. The molecule has 1 fully saturated rings. The van der Waals surface area contributed by atoms with E-state index in [4.69, 9.17) is 24.4 Å². The van der Waals surface area contributed by atoms with Gasteiger partial charge in [-0.05, 0) is 25.7 Å². The number of ether oxygens (including phenoxy) is 3.